The van der Waals surface area contributed by atoms with Gasteiger partial charge in [0.2, 0.25) is 0 Å². The lowest BCUT2D eigenvalue weighted by Crippen LogP contribution is -2.38. The third-order valence-electron chi connectivity index (χ3n) is 3.91. The topological polar surface area (TPSA) is 30.5 Å². The van der Waals surface area contributed by atoms with Crippen LogP contribution in [-0.4, -0.2) is 20.8 Å². The minimum atomic E-state index is -0.00782. The van der Waals surface area contributed by atoms with Gasteiger partial charge in [-0.3, -0.25) is 0 Å². The fourth-order valence-electron chi connectivity index (χ4n) is 3.32. The Morgan fingerprint density at radius 3 is 2.26 bits per heavy atom. The van der Waals surface area contributed by atoms with E-state index in [0.29, 0.717) is 5.92 Å². The van der Waals surface area contributed by atoms with Gasteiger partial charge >= 0.3 is 0 Å². The maximum absolute atomic E-state index is 5.59. The SMILES string of the molecule is COc1cccc(OC)c1C1(CC(C)C)CCCN1. The van der Waals surface area contributed by atoms with Crippen LogP contribution in [0.15, 0.2) is 18.2 Å². The largest absolute Gasteiger partial charge is 0.496 e. The lowest BCUT2D eigenvalue weighted by molar-refractivity contribution is 0.280. The summed E-state index contributed by atoms with van der Waals surface area (Å²) in [5, 5.41) is 3.71. The zero-order chi connectivity index (χ0) is 13.9. The molecular formula is C16H25NO2. The number of benzene rings is 1. The lowest BCUT2D eigenvalue weighted by atomic mass is 9.80. The Morgan fingerprint density at radius 1 is 1.21 bits per heavy atom. The predicted molar refractivity (Wildman–Crippen MR) is 77.9 cm³/mol. The highest BCUT2D eigenvalue weighted by atomic mass is 16.5. The number of hydrogen-bond acceptors (Lipinski definition) is 3. The van der Waals surface area contributed by atoms with Crippen LogP contribution in [-0.2, 0) is 5.54 Å². The Balaban J connectivity index is 2.52. The number of rotatable bonds is 5. The maximum atomic E-state index is 5.59. The summed E-state index contributed by atoms with van der Waals surface area (Å²) in [6, 6.07) is 6.04. The van der Waals surface area contributed by atoms with E-state index in [1.807, 2.05) is 18.2 Å². The van der Waals surface area contributed by atoms with Gasteiger partial charge in [0.05, 0.1) is 25.3 Å². The maximum Gasteiger partial charge on any atom is 0.127 e. The van der Waals surface area contributed by atoms with Crippen molar-refractivity contribution in [2.75, 3.05) is 20.8 Å². The first-order valence-corrected chi connectivity index (χ1v) is 7.09. The second-order valence-electron chi connectivity index (χ2n) is 5.75. The molecule has 0 aromatic heterocycles. The third-order valence-corrected chi connectivity index (χ3v) is 3.91. The molecular weight excluding hydrogens is 238 g/mol. The van der Waals surface area contributed by atoms with Crippen LogP contribution in [0.25, 0.3) is 0 Å². The van der Waals surface area contributed by atoms with E-state index in [0.717, 1.165) is 30.9 Å². The summed E-state index contributed by atoms with van der Waals surface area (Å²) in [6.07, 6.45) is 3.44. The van der Waals surface area contributed by atoms with Crippen molar-refractivity contribution in [1.82, 2.24) is 5.32 Å². The molecule has 0 saturated carbocycles. The van der Waals surface area contributed by atoms with Crippen molar-refractivity contribution in [2.24, 2.45) is 5.92 Å². The quantitative estimate of drug-likeness (QED) is 0.884. The molecule has 106 valence electrons. The first-order chi connectivity index (χ1) is 9.13. The molecule has 19 heavy (non-hydrogen) atoms. The van der Waals surface area contributed by atoms with E-state index in [4.69, 9.17) is 9.47 Å². The van der Waals surface area contributed by atoms with E-state index in [9.17, 15) is 0 Å². The summed E-state index contributed by atoms with van der Waals surface area (Å²) < 4.78 is 11.2. The van der Waals surface area contributed by atoms with Gasteiger partial charge < -0.3 is 14.8 Å². The van der Waals surface area contributed by atoms with E-state index in [2.05, 4.69) is 19.2 Å². The Morgan fingerprint density at radius 2 is 1.84 bits per heavy atom. The Bertz CT molecular complexity index is 401. The number of methoxy groups -OCH3 is 2. The molecule has 1 aliphatic rings. The first kappa shape index (κ1) is 14.2. The standard InChI is InChI=1S/C16H25NO2/c1-12(2)11-16(9-6-10-17-16)15-13(18-3)7-5-8-14(15)19-4/h5,7-8,12,17H,6,9-11H2,1-4H3. The Labute approximate surface area is 116 Å². The zero-order valence-electron chi connectivity index (χ0n) is 12.5. The Hall–Kier alpha value is -1.22. The van der Waals surface area contributed by atoms with Crippen LogP contribution in [0.5, 0.6) is 11.5 Å². The van der Waals surface area contributed by atoms with Gasteiger partial charge in [-0.1, -0.05) is 19.9 Å². The second-order valence-corrected chi connectivity index (χ2v) is 5.75. The first-order valence-electron chi connectivity index (χ1n) is 7.09. The van der Waals surface area contributed by atoms with Crippen molar-refractivity contribution < 1.29 is 9.47 Å². The van der Waals surface area contributed by atoms with E-state index >= 15 is 0 Å². The van der Waals surface area contributed by atoms with Crippen molar-refractivity contribution in [1.29, 1.82) is 0 Å². The van der Waals surface area contributed by atoms with Crippen LogP contribution >= 0.6 is 0 Å². The van der Waals surface area contributed by atoms with Crippen LogP contribution < -0.4 is 14.8 Å². The van der Waals surface area contributed by atoms with E-state index in [1.165, 1.54) is 12.0 Å². The van der Waals surface area contributed by atoms with E-state index in [1.54, 1.807) is 14.2 Å². The molecule has 0 spiro atoms. The second kappa shape index (κ2) is 5.83. The van der Waals surface area contributed by atoms with E-state index in [-0.39, 0.29) is 5.54 Å². The molecule has 1 aromatic carbocycles. The monoisotopic (exact) mass is 263 g/mol. The molecule has 0 radical (unpaired) electrons. The van der Waals surface area contributed by atoms with Gasteiger partial charge in [-0.05, 0) is 43.9 Å². The molecule has 3 heteroatoms. The predicted octanol–water partition coefficient (Wildman–Crippen LogP) is 3.33. The summed E-state index contributed by atoms with van der Waals surface area (Å²) in [7, 11) is 3.46. The average molecular weight is 263 g/mol. The fourth-order valence-corrected chi connectivity index (χ4v) is 3.32. The van der Waals surface area contributed by atoms with Crippen molar-refractivity contribution in [3.63, 3.8) is 0 Å². The summed E-state index contributed by atoms with van der Waals surface area (Å²) in [4.78, 5) is 0. The normalized spacial score (nSPS) is 22.8. The van der Waals surface area contributed by atoms with Crippen molar-refractivity contribution in [3.8, 4) is 11.5 Å². The molecule has 3 nitrogen and oxygen atoms in total. The molecule has 1 aliphatic heterocycles. The average Bonchev–Trinajstić information content (AvgIpc) is 2.86. The summed E-state index contributed by atoms with van der Waals surface area (Å²) in [5.74, 6) is 2.48. The van der Waals surface area contributed by atoms with Gasteiger partial charge in [0.15, 0.2) is 0 Å². The van der Waals surface area contributed by atoms with Gasteiger partial charge in [-0.25, -0.2) is 0 Å². The van der Waals surface area contributed by atoms with Crippen LogP contribution in [0.1, 0.15) is 38.7 Å². The van der Waals surface area contributed by atoms with Gasteiger partial charge in [0.25, 0.3) is 0 Å². The molecule has 1 N–H and O–H groups in total. The highest BCUT2D eigenvalue weighted by molar-refractivity contribution is 5.50. The molecule has 0 bridgehead atoms. The molecule has 0 aliphatic carbocycles. The van der Waals surface area contributed by atoms with Crippen LogP contribution in [0.4, 0.5) is 0 Å². The number of nitrogens with one attached hydrogen (secondary N) is 1. The molecule has 0 amide bonds. The third kappa shape index (κ3) is 2.71. The summed E-state index contributed by atoms with van der Waals surface area (Å²) >= 11 is 0. The number of ether oxygens (including phenoxy) is 2. The smallest absolute Gasteiger partial charge is 0.127 e. The molecule has 1 saturated heterocycles. The van der Waals surface area contributed by atoms with Gasteiger partial charge in [-0.2, -0.15) is 0 Å². The van der Waals surface area contributed by atoms with Gasteiger partial charge in [0, 0.05) is 0 Å². The van der Waals surface area contributed by atoms with Crippen LogP contribution in [0, 0.1) is 5.92 Å². The van der Waals surface area contributed by atoms with Crippen molar-refractivity contribution in [3.05, 3.63) is 23.8 Å². The molecule has 1 heterocycles. The van der Waals surface area contributed by atoms with Crippen LogP contribution in [0.2, 0.25) is 0 Å². The molecule has 1 atom stereocenters. The lowest BCUT2D eigenvalue weighted by Gasteiger charge is -2.34. The molecule has 1 aromatic rings. The minimum Gasteiger partial charge on any atom is -0.496 e. The Kier molecular flexibility index (Phi) is 4.35. The van der Waals surface area contributed by atoms with Crippen molar-refractivity contribution in [2.45, 2.75) is 38.6 Å². The highest BCUT2D eigenvalue weighted by Gasteiger charge is 2.40. The minimum absolute atomic E-state index is 0.00782. The molecule has 1 fully saturated rings. The van der Waals surface area contributed by atoms with Gasteiger partial charge in [0.1, 0.15) is 11.5 Å². The van der Waals surface area contributed by atoms with E-state index < -0.39 is 0 Å². The number of hydrogen-bond donors (Lipinski definition) is 1. The van der Waals surface area contributed by atoms with Crippen LogP contribution in [0.3, 0.4) is 0 Å². The zero-order valence-corrected chi connectivity index (χ0v) is 12.5. The molecule has 2 rings (SSSR count). The molecule has 1 unspecified atom stereocenters. The summed E-state index contributed by atoms with van der Waals surface area (Å²) in [5.41, 5.74) is 1.18. The van der Waals surface area contributed by atoms with Crippen molar-refractivity contribution >= 4 is 0 Å². The fraction of sp³-hybridized carbons (Fsp3) is 0.625. The van der Waals surface area contributed by atoms with Gasteiger partial charge in [-0.15, -0.1) is 0 Å². The summed E-state index contributed by atoms with van der Waals surface area (Å²) in [6.45, 7) is 5.60. The highest BCUT2D eigenvalue weighted by Crippen LogP contribution is 2.45.